The van der Waals surface area contributed by atoms with E-state index in [-0.39, 0.29) is 47.4 Å². The number of rotatable bonds is 12. The quantitative estimate of drug-likeness (QED) is 0.148. The van der Waals surface area contributed by atoms with E-state index < -0.39 is 0 Å². The van der Waals surface area contributed by atoms with Gasteiger partial charge in [0.05, 0.1) is 51.7 Å². The molecule has 0 spiro atoms. The molecule has 10 heteroatoms. The lowest BCUT2D eigenvalue weighted by atomic mass is 10.0. The van der Waals surface area contributed by atoms with E-state index >= 15 is 0 Å². The first-order chi connectivity index (χ1) is 20.3. The molecule has 2 aromatic heterocycles. The average Bonchev–Trinajstić information content (AvgIpc) is 3.67. The molecule has 0 aliphatic heterocycles. The molecule has 218 valence electrons. The van der Waals surface area contributed by atoms with E-state index in [9.17, 15) is 9.59 Å². The van der Waals surface area contributed by atoms with Crippen molar-refractivity contribution < 1.29 is 46.8 Å². The first-order valence-corrected chi connectivity index (χ1v) is 13.0. The van der Waals surface area contributed by atoms with Crippen molar-refractivity contribution in [2.45, 2.75) is 27.1 Å². The first-order valence-electron chi connectivity index (χ1n) is 13.0. The first kappa shape index (κ1) is 28.4. The van der Waals surface area contributed by atoms with Crippen molar-refractivity contribution in [3.05, 3.63) is 71.2 Å². The van der Waals surface area contributed by atoms with Gasteiger partial charge in [-0.05, 0) is 43.2 Å². The van der Waals surface area contributed by atoms with Crippen molar-refractivity contribution in [2.75, 3.05) is 28.4 Å². The summed E-state index contributed by atoms with van der Waals surface area (Å²) in [5.74, 6) is 1.25. The normalized spacial score (nSPS) is 11.0. The summed E-state index contributed by atoms with van der Waals surface area (Å²) in [6, 6.07) is 10.9. The zero-order valence-corrected chi connectivity index (χ0v) is 24.1. The number of ether oxygens (including phenoxy) is 6. The van der Waals surface area contributed by atoms with Gasteiger partial charge in [-0.15, -0.1) is 0 Å². The summed E-state index contributed by atoms with van der Waals surface area (Å²) < 4.78 is 45.9. The highest BCUT2D eigenvalue weighted by Crippen LogP contribution is 2.48. The molecule has 10 nitrogen and oxygen atoms in total. The van der Waals surface area contributed by atoms with Gasteiger partial charge < -0.3 is 37.3 Å². The summed E-state index contributed by atoms with van der Waals surface area (Å²) in [6.45, 7) is 3.08. The topological polar surface area (TPSA) is 116 Å². The van der Waals surface area contributed by atoms with Crippen molar-refractivity contribution in [3.8, 4) is 34.5 Å². The molecule has 0 saturated heterocycles. The van der Waals surface area contributed by atoms with Gasteiger partial charge in [-0.3, -0.25) is 9.59 Å². The number of hydrogen-bond donors (Lipinski definition) is 0. The number of carbonyl (C=O) groups is 2. The summed E-state index contributed by atoms with van der Waals surface area (Å²) in [7, 11) is 5.94. The molecule has 0 saturated carbocycles. The maximum Gasteiger partial charge on any atom is 0.205 e. The van der Waals surface area contributed by atoms with E-state index in [1.165, 1.54) is 54.8 Å². The number of ketones is 2. The Hall–Kier alpha value is -5.12. The SMILES string of the molecule is COc1c(C(C)=O)c(OCc2cccc(COc3c(C(C)=O)c(OC)c4ccoc4c3OC)c2)c(OC)c2occc12. The van der Waals surface area contributed by atoms with Crippen LogP contribution in [-0.2, 0) is 13.2 Å². The van der Waals surface area contributed by atoms with Gasteiger partial charge in [0.2, 0.25) is 11.5 Å². The van der Waals surface area contributed by atoms with Crippen LogP contribution in [0.1, 0.15) is 45.7 Å². The third-order valence-corrected chi connectivity index (χ3v) is 6.83. The van der Waals surface area contributed by atoms with E-state index in [2.05, 4.69) is 0 Å². The van der Waals surface area contributed by atoms with E-state index in [0.717, 1.165) is 11.1 Å². The number of carbonyl (C=O) groups excluding carboxylic acids is 2. The summed E-state index contributed by atoms with van der Waals surface area (Å²) in [4.78, 5) is 25.4. The van der Waals surface area contributed by atoms with Crippen LogP contribution in [-0.4, -0.2) is 40.0 Å². The minimum absolute atomic E-state index is 0.105. The Morgan fingerprint density at radius 1 is 0.595 bits per heavy atom. The number of hydrogen-bond acceptors (Lipinski definition) is 10. The van der Waals surface area contributed by atoms with Crippen LogP contribution < -0.4 is 28.4 Å². The molecule has 0 aliphatic carbocycles. The summed E-state index contributed by atoms with van der Waals surface area (Å²) in [6.07, 6.45) is 3.00. The third-order valence-electron chi connectivity index (χ3n) is 6.83. The van der Waals surface area contributed by atoms with Crippen LogP contribution in [0.15, 0.2) is 57.8 Å². The molecular weight excluding hydrogens is 544 g/mol. The Balaban J connectivity index is 1.45. The van der Waals surface area contributed by atoms with E-state index in [0.29, 0.717) is 44.9 Å². The van der Waals surface area contributed by atoms with Crippen LogP contribution in [0.4, 0.5) is 0 Å². The molecule has 0 amide bonds. The molecule has 0 unspecified atom stereocenters. The predicted octanol–water partition coefficient (Wildman–Crippen LogP) is 6.78. The minimum atomic E-state index is -0.246. The molecule has 5 aromatic rings. The van der Waals surface area contributed by atoms with Crippen LogP contribution in [0.25, 0.3) is 21.9 Å². The lowest BCUT2D eigenvalue weighted by Gasteiger charge is -2.18. The molecular formula is C32H30O10. The molecule has 5 rings (SSSR count). The van der Waals surface area contributed by atoms with Crippen molar-refractivity contribution in [3.63, 3.8) is 0 Å². The van der Waals surface area contributed by atoms with Gasteiger partial charge in [0.25, 0.3) is 0 Å². The largest absolute Gasteiger partial charge is 0.495 e. The maximum atomic E-state index is 12.7. The van der Waals surface area contributed by atoms with Crippen LogP contribution >= 0.6 is 0 Å². The van der Waals surface area contributed by atoms with Gasteiger partial charge in [0, 0.05) is 0 Å². The fourth-order valence-electron chi connectivity index (χ4n) is 5.07. The van der Waals surface area contributed by atoms with Gasteiger partial charge in [-0.1, -0.05) is 18.2 Å². The molecule has 2 heterocycles. The van der Waals surface area contributed by atoms with Crippen LogP contribution in [0.5, 0.6) is 34.5 Å². The second-order valence-electron chi connectivity index (χ2n) is 9.38. The lowest BCUT2D eigenvalue weighted by Crippen LogP contribution is -2.08. The zero-order chi connectivity index (χ0) is 30.0. The molecule has 42 heavy (non-hydrogen) atoms. The molecule has 0 aliphatic rings. The third kappa shape index (κ3) is 4.85. The standard InChI is InChI=1S/C32H30O10/c1-17(33)23-25(35-3)21-10-12-39-27(21)31(37-5)29(23)41-15-19-8-7-9-20(14-19)16-42-30-24(18(2)34)26(36-4)22-11-13-40-28(22)32(30)38-6/h7-14H,15-16H2,1-6H3. The predicted molar refractivity (Wildman–Crippen MR) is 154 cm³/mol. The van der Waals surface area contributed by atoms with Crippen molar-refractivity contribution in [1.82, 2.24) is 0 Å². The number of methoxy groups -OCH3 is 4. The fourth-order valence-corrected chi connectivity index (χ4v) is 5.07. The van der Waals surface area contributed by atoms with Gasteiger partial charge in [0.1, 0.15) is 35.8 Å². The van der Waals surface area contributed by atoms with Crippen LogP contribution in [0, 0.1) is 0 Å². The van der Waals surface area contributed by atoms with Gasteiger partial charge >= 0.3 is 0 Å². The van der Waals surface area contributed by atoms with E-state index in [1.54, 1.807) is 12.1 Å². The summed E-state index contributed by atoms with van der Waals surface area (Å²) in [5.41, 5.74) is 2.93. The number of furan rings is 2. The Bertz CT molecular complexity index is 1670. The van der Waals surface area contributed by atoms with Crippen molar-refractivity contribution in [2.24, 2.45) is 0 Å². The Labute approximate surface area is 241 Å². The monoisotopic (exact) mass is 574 g/mol. The van der Waals surface area contributed by atoms with Crippen molar-refractivity contribution in [1.29, 1.82) is 0 Å². The van der Waals surface area contributed by atoms with Gasteiger partial charge in [-0.2, -0.15) is 0 Å². The Morgan fingerprint density at radius 2 is 1.00 bits per heavy atom. The highest BCUT2D eigenvalue weighted by atomic mass is 16.5. The smallest absolute Gasteiger partial charge is 0.205 e. The number of Topliss-reactive ketones (excluding diaryl/α,β-unsaturated/α-hetero) is 2. The molecule has 0 bridgehead atoms. The van der Waals surface area contributed by atoms with Gasteiger partial charge in [-0.25, -0.2) is 0 Å². The molecule has 0 N–H and O–H groups in total. The minimum Gasteiger partial charge on any atom is -0.495 e. The molecule has 0 radical (unpaired) electrons. The lowest BCUT2D eigenvalue weighted by molar-refractivity contribution is 0.0996. The summed E-state index contributed by atoms with van der Waals surface area (Å²) >= 11 is 0. The maximum absolute atomic E-state index is 12.7. The van der Waals surface area contributed by atoms with Gasteiger partial charge in [0.15, 0.2) is 34.2 Å². The second-order valence-corrected chi connectivity index (χ2v) is 9.38. The fraction of sp³-hybridized carbons (Fsp3) is 0.250. The number of fused-ring (bicyclic) bond motifs is 2. The molecule has 0 fully saturated rings. The average molecular weight is 575 g/mol. The van der Waals surface area contributed by atoms with Crippen molar-refractivity contribution >= 4 is 33.5 Å². The summed E-state index contributed by atoms with van der Waals surface area (Å²) in [5, 5.41) is 1.21. The molecule has 3 aromatic carbocycles. The van der Waals surface area contributed by atoms with Crippen LogP contribution in [0.2, 0.25) is 0 Å². The molecule has 0 atom stereocenters. The second kappa shape index (κ2) is 11.8. The van der Waals surface area contributed by atoms with Crippen LogP contribution in [0.3, 0.4) is 0 Å². The highest BCUT2D eigenvalue weighted by molar-refractivity contribution is 6.09. The highest BCUT2D eigenvalue weighted by Gasteiger charge is 2.28. The van der Waals surface area contributed by atoms with E-state index in [4.69, 9.17) is 37.3 Å². The van der Waals surface area contributed by atoms with E-state index in [1.807, 2.05) is 24.3 Å². The Morgan fingerprint density at radius 3 is 1.36 bits per heavy atom. The number of benzene rings is 3. The zero-order valence-electron chi connectivity index (χ0n) is 24.1. The Kier molecular flexibility index (Phi) is 7.97.